The Bertz CT molecular complexity index is 414. The Labute approximate surface area is 70.5 Å². The summed E-state index contributed by atoms with van der Waals surface area (Å²) in [5, 5.41) is 1.11. The minimum absolute atomic E-state index is 0.839. The first-order chi connectivity index (χ1) is 5.92. The highest BCUT2D eigenvalue weighted by Gasteiger charge is 2.00. The number of hydrogen-bond donors (Lipinski definition) is 0. The van der Waals surface area contributed by atoms with Crippen LogP contribution in [0.15, 0.2) is 35.2 Å². The number of fused-ring (bicyclic) bond motifs is 1. The maximum Gasteiger partial charge on any atom is 0.152 e. The Kier molecular flexibility index (Phi) is 1.67. The topological polar surface area (TPSA) is 26.0 Å². The zero-order valence-electron chi connectivity index (χ0n) is 6.82. The Hall–Kier alpha value is -1.57. The molecule has 0 amide bonds. The van der Waals surface area contributed by atoms with Crippen LogP contribution in [0.5, 0.6) is 0 Å². The third kappa shape index (κ3) is 1.01. The van der Waals surface area contributed by atoms with Crippen LogP contribution >= 0.6 is 0 Å². The fourth-order valence-electron chi connectivity index (χ4n) is 1.21. The second-order valence-corrected chi connectivity index (χ2v) is 2.56. The van der Waals surface area contributed by atoms with Gasteiger partial charge in [0.05, 0.1) is 12.5 Å². The summed E-state index contributed by atoms with van der Waals surface area (Å²) in [6.07, 6.45) is 9.25. The molecule has 0 spiro atoms. The van der Waals surface area contributed by atoms with Gasteiger partial charge in [0.15, 0.2) is 5.58 Å². The van der Waals surface area contributed by atoms with E-state index in [0.29, 0.717) is 0 Å². The van der Waals surface area contributed by atoms with Gasteiger partial charge in [-0.25, -0.2) is 0 Å². The molecule has 2 aromatic rings. The molecule has 0 unspecified atom stereocenters. The van der Waals surface area contributed by atoms with Gasteiger partial charge in [0.2, 0.25) is 0 Å². The van der Waals surface area contributed by atoms with E-state index in [1.807, 2.05) is 25.1 Å². The SMILES string of the molecule is C/C=C\c1coc2cnccc12. The van der Waals surface area contributed by atoms with Crippen LogP contribution in [0.25, 0.3) is 17.0 Å². The molecule has 0 radical (unpaired) electrons. The molecule has 0 aromatic carbocycles. The highest BCUT2D eigenvalue weighted by atomic mass is 16.3. The molecule has 12 heavy (non-hydrogen) atoms. The Balaban J connectivity index is 2.70. The minimum atomic E-state index is 0.839. The Morgan fingerprint density at radius 3 is 3.25 bits per heavy atom. The average molecular weight is 159 g/mol. The van der Waals surface area contributed by atoms with Crippen molar-refractivity contribution in [3.8, 4) is 0 Å². The maximum absolute atomic E-state index is 5.29. The van der Waals surface area contributed by atoms with Crippen molar-refractivity contribution in [2.75, 3.05) is 0 Å². The summed E-state index contributed by atoms with van der Waals surface area (Å²) in [5.41, 5.74) is 1.94. The molecule has 2 rings (SSSR count). The summed E-state index contributed by atoms with van der Waals surface area (Å²) < 4.78 is 5.29. The maximum atomic E-state index is 5.29. The molecule has 0 fully saturated rings. The van der Waals surface area contributed by atoms with Gasteiger partial charge < -0.3 is 4.42 Å². The van der Waals surface area contributed by atoms with Crippen molar-refractivity contribution in [3.63, 3.8) is 0 Å². The molecule has 0 aliphatic carbocycles. The van der Waals surface area contributed by atoms with Gasteiger partial charge in [0, 0.05) is 17.1 Å². The van der Waals surface area contributed by atoms with Gasteiger partial charge in [-0.15, -0.1) is 0 Å². The molecule has 0 aliphatic rings. The second kappa shape index (κ2) is 2.81. The summed E-state index contributed by atoms with van der Waals surface area (Å²) in [5.74, 6) is 0. The first-order valence-corrected chi connectivity index (χ1v) is 3.85. The predicted octanol–water partition coefficient (Wildman–Crippen LogP) is 2.86. The smallest absolute Gasteiger partial charge is 0.152 e. The molecular weight excluding hydrogens is 150 g/mol. The summed E-state index contributed by atoms with van der Waals surface area (Å²) >= 11 is 0. The van der Waals surface area contributed by atoms with E-state index in [0.717, 1.165) is 16.5 Å². The third-order valence-electron chi connectivity index (χ3n) is 1.75. The fourth-order valence-corrected chi connectivity index (χ4v) is 1.21. The lowest BCUT2D eigenvalue weighted by Gasteiger charge is -1.86. The monoisotopic (exact) mass is 159 g/mol. The highest BCUT2D eigenvalue weighted by molar-refractivity contribution is 5.86. The van der Waals surface area contributed by atoms with Crippen LogP contribution in [-0.2, 0) is 0 Å². The normalized spacial score (nSPS) is 11.4. The number of allylic oxidation sites excluding steroid dienone is 1. The molecule has 2 heterocycles. The number of rotatable bonds is 1. The number of pyridine rings is 1. The van der Waals surface area contributed by atoms with Crippen molar-refractivity contribution < 1.29 is 4.42 Å². The van der Waals surface area contributed by atoms with E-state index in [1.54, 1.807) is 18.7 Å². The molecule has 0 bridgehead atoms. The fraction of sp³-hybridized carbons (Fsp3) is 0.100. The van der Waals surface area contributed by atoms with Gasteiger partial charge in [0.25, 0.3) is 0 Å². The third-order valence-corrected chi connectivity index (χ3v) is 1.75. The first kappa shape index (κ1) is 7.10. The van der Waals surface area contributed by atoms with Crippen LogP contribution in [0.2, 0.25) is 0 Å². The van der Waals surface area contributed by atoms with Crippen molar-refractivity contribution >= 4 is 17.0 Å². The summed E-state index contributed by atoms with van der Waals surface area (Å²) in [6, 6.07) is 1.95. The quantitative estimate of drug-likeness (QED) is 0.639. The van der Waals surface area contributed by atoms with Gasteiger partial charge >= 0.3 is 0 Å². The molecule has 0 saturated carbocycles. The van der Waals surface area contributed by atoms with Gasteiger partial charge in [-0.05, 0) is 13.0 Å². The molecule has 0 aliphatic heterocycles. The van der Waals surface area contributed by atoms with E-state index in [2.05, 4.69) is 4.98 Å². The number of aromatic nitrogens is 1. The van der Waals surface area contributed by atoms with Crippen molar-refractivity contribution in [1.29, 1.82) is 0 Å². The molecule has 2 aromatic heterocycles. The zero-order valence-corrected chi connectivity index (χ0v) is 6.82. The summed E-state index contributed by atoms with van der Waals surface area (Å²) in [7, 11) is 0. The molecule has 60 valence electrons. The van der Waals surface area contributed by atoms with E-state index >= 15 is 0 Å². The van der Waals surface area contributed by atoms with Crippen molar-refractivity contribution in [1.82, 2.24) is 4.98 Å². The Morgan fingerprint density at radius 2 is 2.42 bits per heavy atom. The lowest BCUT2D eigenvalue weighted by molar-refractivity contribution is 0.613. The number of hydrogen-bond acceptors (Lipinski definition) is 2. The van der Waals surface area contributed by atoms with Crippen LogP contribution in [0.4, 0.5) is 0 Å². The average Bonchev–Trinajstić information content (AvgIpc) is 2.50. The van der Waals surface area contributed by atoms with Gasteiger partial charge in [-0.2, -0.15) is 0 Å². The van der Waals surface area contributed by atoms with Crippen molar-refractivity contribution in [2.24, 2.45) is 0 Å². The van der Waals surface area contributed by atoms with E-state index < -0.39 is 0 Å². The molecule has 2 heteroatoms. The van der Waals surface area contributed by atoms with Gasteiger partial charge in [-0.3, -0.25) is 4.98 Å². The molecule has 0 N–H and O–H groups in total. The van der Waals surface area contributed by atoms with Gasteiger partial charge in [0.1, 0.15) is 0 Å². The van der Waals surface area contributed by atoms with E-state index in [9.17, 15) is 0 Å². The molecule has 0 saturated heterocycles. The van der Waals surface area contributed by atoms with Crippen molar-refractivity contribution in [3.05, 3.63) is 36.4 Å². The second-order valence-electron chi connectivity index (χ2n) is 2.56. The largest absolute Gasteiger partial charge is 0.462 e. The number of furan rings is 1. The van der Waals surface area contributed by atoms with Gasteiger partial charge in [-0.1, -0.05) is 12.2 Å². The molecule has 2 nitrogen and oxygen atoms in total. The minimum Gasteiger partial charge on any atom is -0.462 e. The standard InChI is InChI=1S/C10H9NO/c1-2-3-8-7-12-10-6-11-5-4-9(8)10/h2-7H,1H3/b3-2-. The van der Waals surface area contributed by atoms with Crippen molar-refractivity contribution in [2.45, 2.75) is 6.92 Å². The van der Waals surface area contributed by atoms with Crippen LogP contribution in [0, 0.1) is 0 Å². The predicted molar refractivity (Wildman–Crippen MR) is 48.7 cm³/mol. The van der Waals surface area contributed by atoms with Crippen LogP contribution in [0.3, 0.4) is 0 Å². The van der Waals surface area contributed by atoms with E-state index in [-0.39, 0.29) is 0 Å². The van der Waals surface area contributed by atoms with Crippen LogP contribution in [-0.4, -0.2) is 4.98 Å². The van der Waals surface area contributed by atoms with Crippen LogP contribution in [0.1, 0.15) is 12.5 Å². The first-order valence-electron chi connectivity index (χ1n) is 3.85. The van der Waals surface area contributed by atoms with Crippen LogP contribution < -0.4 is 0 Å². The summed E-state index contributed by atoms with van der Waals surface area (Å²) in [4.78, 5) is 3.97. The lowest BCUT2D eigenvalue weighted by Crippen LogP contribution is -1.69. The molecular formula is C10H9NO. The summed E-state index contributed by atoms with van der Waals surface area (Å²) in [6.45, 7) is 1.99. The zero-order chi connectivity index (χ0) is 8.39. The number of nitrogens with zero attached hydrogens (tertiary/aromatic N) is 1. The van der Waals surface area contributed by atoms with E-state index in [4.69, 9.17) is 4.42 Å². The van der Waals surface area contributed by atoms with E-state index in [1.165, 1.54) is 0 Å². The lowest BCUT2D eigenvalue weighted by atomic mass is 10.2. The highest BCUT2D eigenvalue weighted by Crippen LogP contribution is 2.20. The Morgan fingerprint density at radius 1 is 1.50 bits per heavy atom. The molecule has 0 atom stereocenters.